The van der Waals surface area contributed by atoms with E-state index in [1.165, 1.54) is 6.33 Å². The number of aryl methyl sites for hydroxylation is 1. The Hall–Kier alpha value is -3.33. The summed E-state index contributed by atoms with van der Waals surface area (Å²) >= 11 is 6.37. The lowest BCUT2D eigenvalue weighted by molar-refractivity contribution is -0.142. The van der Waals surface area contributed by atoms with E-state index in [4.69, 9.17) is 11.6 Å². The first-order chi connectivity index (χ1) is 13.5. The highest BCUT2D eigenvalue weighted by Crippen LogP contribution is 2.36. The molecule has 4 aromatic rings. The summed E-state index contributed by atoms with van der Waals surface area (Å²) in [6.45, 7) is 0. The highest BCUT2D eigenvalue weighted by Gasteiger charge is 2.28. The molecule has 0 fully saturated rings. The summed E-state index contributed by atoms with van der Waals surface area (Å²) < 4.78 is 0. The largest absolute Gasteiger partial charge is 0.481 e. The Morgan fingerprint density at radius 2 is 2.00 bits per heavy atom. The van der Waals surface area contributed by atoms with Crippen LogP contribution in [-0.2, 0) is 17.6 Å². The molecule has 0 spiro atoms. The van der Waals surface area contributed by atoms with Crippen LogP contribution in [0, 0.1) is 5.92 Å². The Kier molecular flexibility index (Phi) is 3.66. The predicted molar refractivity (Wildman–Crippen MR) is 104 cm³/mol. The van der Waals surface area contributed by atoms with Crippen LogP contribution < -0.4 is 11.0 Å². The van der Waals surface area contributed by atoms with Crippen molar-refractivity contribution in [1.82, 2.24) is 24.9 Å². The van der Waals surface area contributed by atoms with Crippen LogP contribution in [0.5, 0.6) is 0 Å². The number of anilines is 2. The van der Waals surface area contributed by atoms with E-state index >= 15 is 0 Å². The van der Waals surface area contributed by atoms with Crippen LogP contribution in [0.4, 0.5) is 11.5 Å². The van der Waals surface area contributed by atoms with Gasteiger partial charge < -0.3 is 25.4 Å². The van der Waals surface area contributed by atoms with Gasteiger partial charge in [-0.25, -0.2) is 14.8 Å². The van der Waals surface area contributed by atoms with Gasteiger partial charge in [0.1, 0.15) is 17.8 Å². The summed E-state index contributed by atoms with van der Waals surface area (Å²) in [4.78, 5) is 40.3. The van der Waals surface area contributed by atoms with Crippen molar-refractivity contribution in [1.29, 1.82) is 0 Å². The van der Waals surface area contributed by atoms with E-state index in [1.807, 2.05) is 0 Å². The maximum atomic E-state index is 11.5. The first-order valence-corrected chi connectivity index (χ1v) is 9.13. The Morgan fingerprint density at radius 1 is 1.21 bits per heavy atom. The SMILES string of the molecule is O=C(O)[C@H]1CCc2[nH]c3ncnc(Nc4cc5[nH]c(=O)[nH]c5cc4Cl)c3c2C1. The van der Waals surface area contributed by atoms with Crippen LogP contribution in [0.25, 0.3) is 22.1 Å². The summed E-state index contributed by atoms with van der Waals surface area (Å²) in [7, 11) is 0. The van der Waals surface area contributed by atoms with Crippen LogP contribution >= 0.6 is 11.6 Å². The van der Waals surface area contributed by atoms with E-state index in [1.54, 1.807) is 12.1 Å². The quantitative estimate of drug-likeness (QED) is 0.359. The lowest BCUT2D eigenvalue weighted by atomic mass is 9.86. The van der Waals surface area contributed by atoms with Crippen molar-refractivity contribution < 1.29 is 9.90 Å². The van der Waals surface area contributed by atoms with Crippen molar-refractivity contribution in [3.05, 3.63) is 45.2 Å². The van der Waals surface area contributed by atoms with Gasteiger partial charge in [-0.15, -0.1) is 0 Å². The van der Waals surface area contributed by atoms with Crippen molar-refractivity contribution >= 4 is 51.1 Å². The van der Waals surface area contributed by atoms with Gasteiger partial charge in [0.15, 0.2) is 0 Å². The van der Waals surface area contributed by atoms with E-state index in [0.29, 0.717) is 52.5 Å². The molecule has 9 nitrogen and oxygen atoms in total. The molecule has 3 aromatic heterocycles. The molecule has 28 heavy (non-hydrogen) atoms. The minimum absolute atomic E-state index is 0.313. The number of benzene rings is 1. The van der Waals surface area contributed by atoms with Crippen molar-refractivity contribution in [2.24, 2.45) is 5.92 Å². The van der Waals surface area contributed by atoms with Gasteiger partial charge in [0, 0.05) is 5.69 Å². The molecular formula is C18H15ClN6O3. The average Bonchev–Trinajstić information content (AvgIpc) is 3.20. The standard InChI is InChI=1S/C18H15ClN6O3/c19-9-4-12-13(25-18(28)24-12)5-11(9)23-16-14-8-3-7(17(26)27)1-2-10(8)22-15(14)20-6-21-16/h4-7H,1-3H2,(H,26,27)(H2,24,25,28)(H2,20,21,22,23)/t7-/m0/s1. The number of hydrogen-bond acceptors (Lipinski definition) is 5. The average molecular weight is 399 g/mol. The van der Waals surface area contributed by atoms with Crippen LogP contribution in [0.15, 0.2) is 23.3 Å². The number of nitrogens with zero attached hydrogens (tertiary/aromatic N) is 2. The fourth-order valence-corrected chi connectivity index (χ4v) is 4.04. The van der Waals surface area contributed by atoms with Gasteiger partial charge in [-0.3, -0.25) is 4.79 Å². The van der Waals surface area contributed by atoms with Crippen LogP contribution in [-0.4, -0.2) is 36.0 Å². The minimum Gasteiger partial charge on any atom is -0.481 e. The molecule has 0 saturated carbocycles. The van der Waals surface area contributed by atoms with E-state index in [2.05, 4.69) is 30.2 Å². The smallest absolute Gasteiger partial charge is 0.323 e. The van der Waals surface area contributed by atoms with E-state index in [9.17, 15) is 14.7 Å². The highest BCUT2D eigenvalue weighted by atomic mass is 35.5. The molecule has 1 aliphatic carbocycles. The van der Waals surface area contributed by atoms with Gasteiger partial charge in [0.05, 0.1) is 33.0 Å². The van der Waals surface area contributed by atoms with E-state index < -0.39 is 11.9 Å². The lowest BCUT2D eigenvalue weighted by Crippen LogP contribution is -2.21. The number of aromatic nitrogens is 5. The molecule has 0 saturated heterocycles. The van der Waals surface area contributed by atoms with Gasteiger partial charge in [0.2, 0.25) is 0 Å². The molecule has 0 radical (unpaired) electrons. The van der Waals surface area contributed by atoms with Gasteiger partial charge >= 0.3 is 11.7 Å². The number of hydrogen-bond donors (Lipinski definition) is 5. The first-order valence-electron chi connectivity index (χ1n) is 8.75. The zero-order valence-electron chi connectivity index (χ0n) is 14.5. The van der Waals surface area contributed by atoms with Crippen LogP contribution in [0.2, 0.25) is 5.02 Å². The van der Waals surface area contributed by atoms with E-state index in [-0.39, 0.29) is 5.69 Å². The number of imidazole rings is 1. The second-order valence-corrected chi connectivity index (χ2v) is 7.29. The maximum absolute atomic E-state index is 11.5. The molecule has 0 unspecified atom stereocenters. The number of nitrogens with one attached hydrogen (secondary N) is 4. The third-order valence-electron chi connectivity index (χ3n) is 5.18. The Labute approximate surface area is 162 Å². The zero-order chi connectivity index (χ0) is 19.4. The van der Waals surface area contributed by atoms with Crippen molar-refractivity contribution in [3.8, 4) is 0 Å². The predicted octanol–water partition coefficient (Wildman–Crippen LogP) is 2.71. The van der Waals surface area contributed by atoms with Crippen molar-refractivity contribution in [2.75, 3.05) is 5.32 Å². The number of rotatable bonds is 3. The lowest BCUT2D eigenvalue weighted by Gasteiger charge is -2.19. The fourth-order valence-electron chi connectivity index (χ4n) is 3.83. The molecule has 142 valence electrons. The van der Waals surface area contributed by atoms with Gasteiger partial charge in [-0.1, -0.05) is 11.6 Å². The second-order valence-electron chi connectivity index (χ2n) is 6.89. The monoisotopic (exact) mass is 398 g/mol. The molecule has 5 rings (SSSR count). The minimum atomic E-state index is -0.795. The molecule has 0 bridgehead atoms. The van der Waals surface area contributed by atoms with Crippen molar-refractivity contribution in [2.45, 2.75) is 19.3 Å². The number of aromatic amines is 3. The molecular weight excluding hydrogens is 384 g/mol. The summed E-state index contributed by atoms with van der Waals surface area (Å²) in [6.07, 6.45) is 3.10. The second kappa shape index (κ2) is 6.10. The number of halogens is 1. The van der Waals surface area contributed by atoms with Gasteiger partial charge in [-0.05, 0) is 37.0 Å². The first kappa shape index (κ1) is 16.8. The molecule has 0 amide bonds. The number of H-pyrrole nitrogens is 3. The van der Waals surface area contributed by atoms with Crippen LogP contribution in [0.3, 0.4) is 0 Å². The molecule has 1 atom stereocenters. The number of carboxylic acid groups (broad SMARTS) is 1. The normalized spacial score (nSPS) is 16.4. The highest BCUT2D eigenvalue weighted by molar-refractivity contribution is 6.34. The summed E-state index contributed by atoms with van der Waals surface area (Å²) in [5.41, 5.74) is 4.05. The summed E-state index contributed by atoms with van der Waals surface area (Å²) in [6, 6.07) is 3.38. The number of carboxylic acids is 1. The topological polar surface area (TPSA) is 140 Å². The summed E-state index contributed by atoms with van der Waals surface area (Å²) in [5, 5.41) is 13.8. The Bertz CT molecular complexity index is 1300. The van der Waals surface area contributed by atoms with E-state index in [0.717, 1.165) is 16.6 Å². The Morgan fingerprint density at radius 3 is 2.79 bits per heavy atom. The molecule has 3 heterocycles. The number of aliphatic carboxylic acids is 1. The van der Waals surface area contributed by atoms with Crippen LogP contribution in [0.1, 0.15) is 17.7 Å². The van der Waals surface area contributed by atoms with Crippen molar-refractivity contribution in [3.63, 3.8) is 0 Å². The maximum Gasteiger partial charge on any atom is 0.323 e. The fraction of sp³-hybridized carbons (Fsp3) is 0.222. The summed E-state index contributed by atoms with van der Waals surface area (Å²) in [5.74, 6) is -0.687. The number of fused-ring (bicyclic) bond motifs is 4. The molecule has 0 aliphatic heterocycles. The molecule has 5 N–H and O–H groups in total. The number of carbonyl (C=O) groups is 1. The third-order valence-corrected chi connectivity index (χ3v) is 5.49. The molecule has 10 heteroatoms. The zero-order valence-corrected chi connectivity index (χ0v) is 15.2. The molecule has 1 aromatic carbocycles. The Balaban J connectivity index is 1.62. The third kappa shape index (κ3) is 2.63. The molecule has 1 aliphatic rings. The van der Waals surface area contributed by atoms with Gasteiger partial charge in [0.25, 0.3) is 0 Å². The van der Waals surface area contributed by atoms with Gasteiger partial charge in [-0.2, -0.15) is 0 Å².